The quantitative estimate of drug-likeness (QED) is 0.785. The van der Waals surface area contributed by atoms with Gasteiger partial charge in [-0.2, -0.15) is 0 Å². The Morgan fingerprint density at radius 3 is 2.46 bits per heavy atom. The molecule has 1 aromatic carbocycles. The first-order valence-corrected chi connectivity index (χ1v) is 9.57. The number of hydrogen-bond donors (Lipinski definition) is 1. The van der Waals surface area contributed by atoms with E-state index in [0.717, 1.165) is 38.5 Å². The molecule has 0 saturated carbocycles. The Morgan fingerprint density at radius 1 is 1.19 bits per heavy atom. The molecule has 2 fully saturated rings. The van der Waals surface area contributed by atoms with Crippen LogP contribution >= 0.6 is 0 Å². The van der Waals surface area contributed by atoms with Gasteiger partial charge in [0.1, 0.15) is 5.82 Å². The molecule has 2 saturated heterocycles. The van der Waals surface area contributed by atoms with Crippen LogP contribution < -0.4 is 5.32 Å². The van der Waals surface area contributed by atoms with Crippen LogP contribution in [-0.4, -0.2) is 42.1 Å². The van der Waals surface area contributed by atoms with Crippen LogP contribution in [0.1, 0.15) is 55.8 Å². The van der Waals surface area contributed by atoms with E-state index in [9.17, 15) is 14.0 Å². The van der Waals surface area contributed by atoms with Crippen LogP contribution in [0.25, 0.3) is 0 Å². The smallest absolute Gasteiger partial charge is 0.410 e. The molecular weight excluding hydrogens is 335 g/mol. The van der Waals surface area contributed by atoms with E-state index in [2.05, 4.69) is 5.32 Å². The van der Waals surface area contributed by atoms with E-state index in [-0.39, 0.29) is 17.8 Å². The fourth-order valence-electron chi connectivity index (χ4n) is 4.32. The lowest BCUT2D eigenvalue weighted by atomic mass is 9.87. The number of rotatable bonds is 6. The first-order valence-electron chi connectivity index (χ1n) is 9.57. The molecule has 26 heavy (non-hydrogen) atoms. The van der Waals surface area contributed by atoms with Crippen LogP contribution in [0.2, 0.25) is 0 Å². The van der Waals surface area contributed by atoms with Crippen LogP contribution in [0.4, 0.5) is 9.18 Å². The van der Waals surface area contributed by atoms with E-state index in [1.165, 1.54) is 24.3 Å². The predicted octanol–water partition coefficient (Wildman–Crippen LogP) is 3.74. The Hall–Kier alpha value is -2.11. The number of carbonyl (C=O) groups excluding carboxylic acids is 2. The standard InChI is InChI=1S/C20H27FN2O3/c1-2-26-20(25)23-17-9-10-18(23)13-14(12-17)4-3-11-22-19(24)15-5-7-16(21)8-6-15/h5-8,14,17-18H,2-4,9-13H2,1H3,(H,22,24). The van der Waals surface area contributed by atoms with Gasteiger partial charge in [-0.3, -0.25) is 4.79 Å². The van der Waals surface area contributed by atoms with Gasteiger partial charge in [0, 0.05) is 24.2 Å². The van der Waals surface area contributed by atoms with Crippen LogP contribution in [0.3, 0.4) is 0 Å². The van der Waals surface area contributed by atoms with Gasteiger partial charge < -0.3 is 15.0 Å². The summed E-state index contributed by atoms with van der Waals surface area (Å²) in [6.45, 7) is 2.88. The number of hydrogen-bond acceptors (Lipinski definition) is 3. The second kappa shape index (κ2) is 8.52. The lowest BCUT2D eigenvalue weighted by Crippen LogP contribution is -2.46. The molecule has 6 heteroatoms. The maximum Gasteiger partial charge on any atom is 0.410 e. The lowest BCUT2D eigenvalue weighted by Gasteiger charge is -2.38. The van der Waals surface area contributed by atoms with Crippen molar-refractivity contribution < 1.29 is 18.7 Å². The van der Waals surface area contributed by atoms with Gasteiger partial charge in [-0.05, 0) is 75.6 Å². The Balaban J connectivity index is 1.39. The van der Waals surface area contributed by atoms with Crippen molar-refractivity contribution in [2.45, 2.75) is 57.5 Å². The largest absolute Gasteiger partial charge is 0.450 e. The Bertz CT molecular complexity index is 620. The first kappa shape index (κ1) is 18.7. The molecule has 3 rings (SSSR count). The fraction of sp³-hybridized carbons (Fsp3) is 0.600. The molecule has 142 valence electrons. The summed E-state index contributed by atoms with van der Waals surface area (Å²) in [7, 11) is 0. The zero-order valence-corrected chi connectivity index (χ0v) is 15.2. The van der Waals surface area contributed by atoms with Crippen LogP contribution in [0, 0.1) is 11.7 Å². The summed E-state index contributed by atoms with van der Waals surface area (Å²) in [6.07, 6.45) is 6.00. The number of amides is 2. The molecule has 2 aliphatic rings. The molecule has 2 heterocycles. The Labute approximate surface area is 153 Å². The summed E-state index contributed by atoms with van der Waals surface area (Å²) in [5, 5.41) is 2.89. The molecule has 0 aromatic heterocycles. The van der Waals surface area contributed by atoms with Crippen LogP contribution in [0.15, 0.2) is 24.3 Å². The number of ether oxygens (including phenoxy) is 1. The minimum absolute atomic E-state index is 0.162. The number of nitrogens with one attached hydrogen (secondary N) is 1. The number of halogens is 1. The Kier molecular flexibility index (Phi) is 6.12. The number of benzene rings is 1. The highest BCUT2D eigenvalue weighted by atomic mass is 19.1. The number of nitrogens with zero attached hydrogens (tertiary/aromatic N) is 1. The highest BCUT2D eigenvalue weighted by Crippen LogP contribution is 2.40. The van der Waals surface area contributed by atoms with E-state index < -0.39 is 0 Å². The average Bonchev–Trinajstić information content (AvgIpc) is 2.90. The van der Waals surface area contributed by atoms with E-state index in [0.29, 0.717) is 36.7 Å². The second-order valence-corrected chi connectivity index (χ2v) is 7.23. The summed E-state index contributed by atoms with van der Waals surface area (Å²) >= 11 is 0. The van der Waals surface area contributed by atoms with Crippen molar-refractivity contribution in [3.05, 3.63) is 35.6 Å². The molecule has 0 aliphatic carbocycles. The van der Waals surface area contributed by atoms with Gasteiger partial charge in [0.15, 0.2) is 0 Å². The van der Waals surface area contributed by atoms with E-state index in [1.54, 1.807) is 0 Å². The van der Waals surface area contributed by atoms with Crippen molar-refractivity contribution in [1.82, 2.24) is 10.2 Å². The molecule has 2 atom stereocenters. The zero-order valence-electron chi connectivity index (χ0n) is 15.2. The highest BCUT2D eigenvalue weighted by molar-refractivity contribution is 5.94. The molecule has 0 radical (unpaired) electrons. The lowest BCUT2D eigenvalue weighted by molar-refractivity contribution is 0.0588. The van der Waals surface area contributed by atoms with Gasteiger partial charge >= 0.3 is 6.09 Å². The summed E-state index contributed by atoms with van der Waals surface area (Å²) < 4.78 is 18.1. The van der Waals surface area contributed by atoms with Crippen molar-refractivity contribution >= 4 is 12.0 Å². The molecular formula is C20H27FN2O3. The molecule has 5 nitrogen and oxygen atoms in total. The van der Waals surface area contributed by atoms with Gasteiger partial charge in [0.05, 0.1) is 6.61 Å². The number of fused-ring (bicyclic) bond motifs is 2. The van der Waals surface area contributed by atoms with Crippen LogP contribution in [0.5, 0.6) is 0 Å². The normalized spacial score (nSPS) is 24.4. The van der Waals surface area contributed by atoms with E-state index >= 15 is 0 Å². The molecule has 2 aliphatic heterocycles. The van der Waals surface area contributed by atoms with Gasteiger partial charge in [0.2, 0.25) is 0 Å². The Morgan fingerprint density at radius 2 is 1.85 bits per heavy atom. The minimum atomic E-state index is -0.342. The van der Waals surface area contributed by atoms with Crippen molar-refractivity contribution in [2.24, 2.45) is 5.92 Å². The molecule has 2 amide bonds. The molecule has 1 aromatic rings. The summed E-state index contributed by atoms with van der Waals surface area (Å²) in [6, 6.07) is 6.20. The maximum absolute atomic E-state index is 12.9. The minimum Gasteiger partial charge on any atom is -0.450 e. The fourth-order valence-corrected chi connectivity index (χ4v) is 4.32. The highest BCUT2D eigenvalue weighted by Gasteiger charge is 2.43. The van der Waals surface area contributed by atoms with E-state index in [1.807, 2.05) is 11.8 Å². The molecule has 2 unspecified atom stereocenters. The zero-order chi connectivity index (χ0) is 18.5. The van der Waals surface area contributed by atoms with Gasteiger partial charge in [-0.1, -0.05) is 0 Å². The molecule has 0 spiro atoms. The topological polar surface area (TPSA) is 58.6 Å². The maximum atomic E-state index is 12.9. The monoisotopic (exact) mass is 362 g/mol. The average molecular weight is 362 g/mol. The van der Waals surface area contributed by atoms with Crippen molar-refractivity contribution in [1.29, 1.82) is 0 Å². The van der Waals surface area contributed by atoms with Gasteiger partial charge in [-0.25, -0.2) is 9.18 Å². The second-order valence-electron chi connectivity index (χ2n) is 7.23. The van der Waals surface area contributed by atoms with Crippen molar-refractivity contribution in [3.8, 4) is 0 Å². The third-order valence-electron chi connectivity index (χ3n) is 5.49. The summed E-state index contributed by atoms with van der Waals surface area (Å²) in [5.41, 5.74) is 0.479. The van der Waals surface area contributed by atoms with Crippen molar-refractivity contribution in [3.63, 3.8) is 0 Å². The van der Waals surface area contributed by atoms with Gasteiger partial charge in [-0.15, -0.1) is 0 Å². The molecule has 1 N–H and O–H groups in total. The molecule has 2 bridgehead atoms. The van der Waals surface area contributed by atoms with Crippen LogP contribution in [-0.2, 0) is 4.74 Å². The number of piperidine rings is 1. The van der Waals surface area contributed by atoms with Crippen molar-refractivity contribution in [2.75, 3.05) is 13.2 Å². The first-order chi connectivity index (χ1) is 12.6. The third-order valence-corrected chi connectivity index (χ3v) is 5.49. The van der Waals surface area contributed by atoms with E-state index in [4.69, 9.17) is 4.74 Å². The predicted molar refractivity (Wildman–Crippen MR) is 96.4 cm³/mol. The van der Waals surface area contributed by atoms with Gasteiger partial charge in [0.25, 0.3) is 5.91 Å². The SMILES string of the molecule is CCOC(=O)N1C2CCC1CC(CCCNC(=O)c1ccc(F)cc1)C2. The summed E-state index contributed by atoms with van der Waals surface area (Å²) in [5.74, 6) is 0.0911. The third kappa shape index (κ3) is 4.34. The summed E-state index contributed by atoms with van der Waals surface area (Å²) in [4.78, 5) is 26.1. The number of carbonyl (C=O) groups is 2.